The molecule has 1 saturated carbocycles. The standard InChI is InChI=1S/C16H19NO2S/c1-20-15-6-4-14(5-7-15)17-16(18)19-10-13-9-11-2-3-12(13)8-11/h2-7,11-13H,8-10H2,1H3,(H,17,18)/t11-,12+,13+/m1/s1. The quantitative estimate of drug-likeness (QED) is 0.668. The molecule has 0 aromatic heterocycles. The van der Waals surface area contributed by atoms with Gasteiger partial charge in [0.1, 0.15) is 0 Å². The minimum absolute atomic E-state index is 0.353. The molecule has 2 aliphatic carbocycles. The Balaban J connectivity index is 1.46. The van der Waals surface area contributed by atoms with Crippen molar-refractivity contribution in [2.45, 2.75) is 17.7 Å². The van der Waals surface area contributed by atoms with Crippen LogP contribution in [0.2, 0.25) is 0 Å². The van der Waals surface area contributed by atoms with E-state index < -0.39 is 0 Å². The summed E-state index contributed by atoms with van der Waals surface area (Å²) >= 11 is 1.68. The van der Waals surface area contributed by atoms with E-state index in [4.69, 9.17) is 4.74 Å². The van der Waals surface area contributed by atoms with Gasteiger partial charge in [0.15, 0.2) is 0 Å². The van der Waals surface area contributed by atoms with E-state index in [-0.39, 0.29) is 6.09 Å². The van der Waals surface area contributed by atoms with Gasteiger partial charge in [-0.3, -0.25) is 5.32 Å². The van der Waals surface area contributed by atoms with Gasteiger partial charge in [0.25, 0.3) is 0 Å². The first-order valence-corrected chi connectivity index (χ1v) is 8.23. The predicted octanol–water partition coefficient (Wildman–Crippen LogP) is 4.17. The molecule has 3 rings (SSSR count). The molecule has 1 amide bonds. The number of carbonyl (C=O) groups is 1. The van der Waals surface area contributed by atoms with Crippen LogP contribution in [0.25, 0.3) is 0 Å². The lowest BCUT2D eigenvalue weighted by atomic mass is 9.95. The highest BCUT2D eigenvalue weighted by Crippen LogP contribution is 2.43. The molecule has 0 unspecified atom stereocenters. The monoisotopic (exact) mass is 289 g/mol. The summed E-state index contributed by atoms with van der Waals surface area (Å²) in [7, 11) is 0. The highest BCUT2D eigenvalue weighted by molar-refractivity contribution is 7.98. The summed E-state index contributed by atoms with van der Waals surface area (Å²) in [5.41, 5.74) is 0.778. The SMILES string of the molecule is CSc1ccc(NC(=O)OC[C@@H]2C[C@@H]3C=C[C@H]2C3)cc1. The van der Waals surface area contributed by atoms with Crippen molar-refractivity contribution in [3.63, 3.8) is 0 Å². The zero-order chi connectivity index (χ0) is 13.9. The topological polar surface area (TPSA) is 38.3 Å². The first-order valence-electron chi connectivity index (χ1n) is 7.01. The lowest BCUT2D eigenvalue weighted by Gasteiger charge is -2.17. The molecule has 2 aliphatic rings. The van der Waals surface area contributed by atoms with Crippen LogP contribution in [0, 0.1) is 17.8 Å². The fraction of sp³-hybridized carbons (Fsp3) is 0.438. The third-order valence-electron chi connectivity index (χ3n) is 4.18. The number of amides is 1. The van der Waals surface area contributed by atoms with Crippen molar-refractivity contribution in [1.82, 2.24) is 0 Å². The van der Waals surface area contributed by atoms with Crippen molar-refractivity contribution in [2.75, 3.05) is 18.2 Å². The molecule has 106 valence electrons. The summed E-state index contributed by atoms with van der Waals surface area (Å²) in [4.78, 5) is 13.0. The van der Waals surface area contributed by atoms with Gasteiger partial charge < -0.3 is 4.74 Å². The summed E-state index contributed by atoms with van der Waals surface area (Å²) in [6.07, 6.45) is 8.66. The minimum atomic E-state index is -0.353. The lowest BCUT2D eigenvalue weighted by Crippen LogP contribution is -2.21. The maximum absolute atomic E-state index is 11.8. The average molecular weight is 289 g/mol. The van der Waals surface area contributed by atoms with Gasteiger partial charge in [0.2, 0.25) is 0 Å². The number of hydrogen-bond acceptors (Lipinski definition) is 3. The Morgan fingerprint density at radius 1 is 1.30 bits per heavy atom. The van der Waals surface area contributed by atoms with Crippen molar-refractivity contribution < 1.29 is 9.53 Å². The van der Waals surface area contributed by atoms with Gasteiger partial charge in [-0.2, -0.15) is 0 Å². The summed E-state index contributed by atoms with van der Waals surface area (Å²) in [5, 5.41) is 2.77. The second-order valence-corrected chi connectivity index (χ2v) is 6.37. The molecule has 20 heavy (non-hydrogen) atoms. The first kappa shape index (κ1) is 13.6. The van der Waals surface area contributed by atoms with Gasteiger partial charge in [0, 0.05) is 16.5 Å². The molecule has 0 heterocycles. The third-order valence-corrected chi connectivity index (χ3v) is 4.92. The highest BCUT2D eigenvalue weighted by atomic mass is 32.2. The number of fused-ring (bicyclic) bond motifs is 2. The molecule has 3 nitrogen and oxygen atoms in total. The second kappa shape index (κ2) is 5.92. The van der Waals surface area contributed by atoms with Crippen molar-refractivity contribution in [3.8, 4) is 0 Å². The summed E-state index contributed by atoms with van der Waals surface area (Å²) in [5.74, 6) is 1.85. The number of rotatable bonds is 4. The van der Waals surface area contributed by atoms with Crippen LogP contribution in [-0.2, 0) is 4.74 Å². The molecular weight excluding hydrogens is 270 g/mol. The summed E-state index contributed by atoms with van der Waals surface area (Å²) in [6.45, 7) is 0.528. The number of thioether (sulfide) groups is 1. The van der Waals surface area contributed by atoms with Crippen LogP contribution in [-0.4, -0.2) is 19.0 Å². The van der Waals surface area contributed by atoms with E-state index in [0.717, 1.165) is 18.0 Å². The molecule has 3 atom stereocenters. The second-order valence-electron chi connectivity index (χ2n) is 5.49. The fourth-order valence-electron chi connectivity index (χ4n) is 3.10. The normalized spacial score (nSPS) is 26.8. The van der Waals surface area contributed by atoms with Crippen LogP contribution in [0.5, 0.6) is 0 Å². The summed E-state index contributed by atoms with van der Waals surface area (Å²) in [6, 6.07) is 7.77. The largest absolute Gasteiger partial charge is 0.449 e. The van der Waals surface area contributed by atoms with E-state index in [2.05, 4.69) is 17.5 Å². The van der Waals surface area contributed by atoms with Gasteiger partial charge in [-0.15, -0.1) is 11.8 Å². The molecule has 1 N–H and O–H groups in total. The molecule has 1 aromatic rings. The summed E-state index contributed by atoms with van der Waals surface area (Å²) < 4.78 is 5.35. The molecule has 0 radical (unpaired) electrons. The Hall–Kier alpha value is -1.42. The van der Waals surface area contributed by atoms with Crippen LogP contribution in [0.15, 0.2) is 41.3 Å². The lowest BCUT2D eigenvalue weighted by molar-refractivity contribution is 0.134. The third kappa shape index (κ3) is 3.01. The van der Waals surface area contributed by atoms with Crippen molar-refractivity contribution in [2.24, 2.45) is 17.8 Å². The molecule has 2 bridgehead atoms. The molecular formula is C16H19NO2S. The Morgan fingerprint density at radius 2 is 2.10 bits per heavy atom. The van der Waals surface area contributed by atoms with Crippen LogP contribution in [0.4, 0.5) is 10.5 Å². The van der Waals surface area contributed by atoms with Crippen LogP contribution in [0.1, 0.15) is 12.8 Å². The number of anilines is 1. The maximum Gasteiger partial charge on any atom is 0.411 e. The van der Waals surface area contributed by atoms with Gasteiger partial charge in [-0.05, 0) is 55.2 Å². The molecule has 1 fully saturated rings. The molecule has 4 heteroatoms. The van der Waals surface area contributed by atoms with Crippen molar-refractivity contribution in [3.05, 3.63) is 36.4 Å². The minimum Gasteiger partial charge on any atom is -0.449 e. The number of hydrogen-bond donors (Lipinski definition) is 1. The Bertz CT molecular complexity index is 512. The number of allylic oxidation sites excluding steroid dienone is 2. The molecule has 0 spiro atoms. The van der Waals surface area contributed by atoms with E-state index in [0.29, 0.717) is 18.4 Å². The van der Waals surface area contributed by atoms with Crippen LogP contribution >= 0.6 is 11.8 Å². The molecule has 0 saturated heterocycles. The van der Waals surface area contributed by atoms with E-state index in [1.807, 2.05) is 30.5 Å². The van der Waals surface area contributed by atoms with Crippen LogP contribution in [0.3, 0.4) is 0 Å². The smallest absolute Gasteiger partial charge is 0.411 e. The fourth-order valence-corrected chi connectivity index (χ4v) is 3.51. The number of carbonyl (C=O) groups excluding carboxylic acids is 1. The maximum atomic E-state index is 11.8. The van der Waals surface area contributed by atoms with Crippen molar-refractivity contribution >= 4 is 23.5 Å². The van der Waals surface area contributed by atoms with E-state index in [1.165, 1.54) is 11.3 Å². The highest BCUT2D eigenvalue weighted by Gasteiger charge is 2.36. The average Bonchev–Trinajstić information content (AvgIpc) is 3.08. The van der Waals surface area contributed by atoms with E-state index in [1.54, 1.807) is 11.8 Å². The van der Waals surface area contributed by atoms with Crippen molar-refractivity contribution in [1.29, 1.82) is 0 Å². The van der Waals surface area contributed by atoms with Gasteiger partial charge in [0.05, 0.1) is 6.61 Å². The Morgan fingerprint density at radius 3 is 2.70 bits per heavy atom. The zero-order valence-electron chi connectivity index (χ0n) is 11.5. The van der Waals surface area contributed by atoms with Crippen LogP contribution < -0.4 is 5.32 Å². The number of ether oxygens (including phenoxy) is 1. The first-order chi connectivity index (χ1) is 9.74. The Labute approximate surface area is 123 Å². The van der Waals surface area contributed by atoms with E-state index >= 15 is 0 Å². The molecule has 1 aromatic carbocycles. The van der Waals surface area contributed by atoms with Gasteiger partial charge in [-0.25, -0.2) is 4.79 Å². The number of nitrogens with one attached hydrogen (secondary N) is 1. The number of benzene rings is 1. The predicted molar refractivity (Wildman–Crippen MR) is 82.0 cm³/mol. The Kier molecular flexibility index (Phi) is 4.01. The van der Waals surface area contributed by atoms with Gasteiger partial charge in [-0.1, -0.05) is 12.2 Å². The zero-order valence-corrected chi connectivity index (χ0v) is 12.4. The van der Waals surface area contributed by atoms with E-state index in [9.17, 15) is 4.79 Å². The molecule has 0 aliphatic heterocycles. The van der Waals surface area contributed by atoms with Gasteiger partial charge >= 0.3 is 6.09 Å².